The van der Waals surface area contributed by atoms with Crippen molar-refractivity contribution in [1.29, 1.82) is 0 Å². The topological polar surface area (TPSA) is 32.8 Å². The van der Waals surface area contributed by atoms with Crippen LogP contribution in [-0.4, -0.2) is 43.0 Å². The number of hydrogen-bond donors (Lipinski definition) is 0. The van der Waals surface area contributed by atoms with Gasteiger partial charge in [-0.05, 0) is 62.1 Å². The third kappa shape index (κ3) is 4.69. The quantitative estimate of drug-likeness (QED) is 0.771. The van der Waals surface area contributed by atoms with E-state index in [4.69, 9.17) is 4.74 Å². The van der Waals surface area contributed by atoms with E-state index >= 15 is 0 Å². The van der Waals surface area contributed by atoms with Gasteiger partial charge in [0.2, 0.25) is 5.91 Å². The molecule has 0 bridgehead atoms. The Labute approximate surface area is 162 Å². The molecule has 3 rings (SSSR count). The van der Waals surface area contributed by atoms with E-state index in [2.05, 4.69) is 49.1 Å². The number of ether oxygens (including phenoxy) is 1. The van der Waals surface area contributed by atoms with Crippen molar-refractivity contribution < 1.29 is 9.53 Å². The lowest BCUT2D eigenvalue weighted by atomic mass is 10.0. The van der Waals surface area contributed by atoms with Gasteiger partial charge in [-0.25, -0.2) is 0 Å². The van der Waals surface area contributed by atoms with Crippen molar-refractivity contribution in [3.05, 3.63) is 64.7 Å². The average Bonchev–Trinajstić information content (AvgIpc) is 3.12. The second-order valence-corrected chi connectivity index (χ2v) is 7.58. The first-order chi connectivity index (χ1) is 13.0. The summed E-state index contributed by atoms with van der Waals surface area (Å²) in [6, 6.07) is 15.0. The molecular weight excluding hydrogens is 336 g/mol. The number of nitrogens with zero attached hydrogens (tertiary/aromatic N) is 2. The number of carbonyl (C=O) groups excluding carboxylic acids is 1. The molecule has 4 heteroatoms. The van der Waals surface area contributed by atoms with Gasteiger partial charge in [0.1, 0.15) is 5.75 Å². The molecule has 2 aromatic rings. The first kappa shape index (κ1) is 19.4. The number of likely N-dealkylation sites (tertiary alicyclic amines) is 1. The van der Waals surface area contributed by atoms with Gasteiger partial charge >= 0.3 is 0 Å². The summed E-state index contributed by atoms with van der Waals surface area (Å²) in [5, 5.41) is 0. The van der Waals surface area contributed by atoms with Gasteiger partial charge in [-0.2, -0.15) is 0 Å². The Morgan fingerprint density at radius 2 is 1.93 bits per heavy atom. The highest BCUT2D eigenvalue weighted by Crippen LogP contribution is 2.32. The average molecular weight is 367 g/mol. The van der Waals surface area contributed by atoms with Crippen LogP contribution < -0.4 is 4.74 Å². The number of methoxy groups -OCH3 is 1. The van der Waals surface area contributed by atoms with Gasteiger partial charge in [0.05, 0.1) is 13.7 Å². The SMILES string of the molecule is COc1ccc([C@H]2CCCN2CC(=O)N(C)Cc2ccc(C)cc2C)cc1. The van der Waals surface area contributed by atoms with Gasteiger partial charge in [0, 0.05) is 19.6 Å². The number of amides is 1. The minimum absolute atomic E-state index is 0.176. The van der Waals surface area contributed by atoms with Crippen molar-refractivity contribution in [2.24, 2.45) is 0 Å². The van der Waals surface area contributed by atoms with Gasteiger partial charge in [-0.3, -0.25) is 9.69 Å². The predicted octanol–water partition coefficient (Wildman–Crippen LogP) is 4.11. The third-order valence-corrected chi connectivity index (χ3v) is 5.53. The molecule has 1 saturated heterocycles. The van der Waals surface area contributed by atoms with E-state index in [0.29, 0.717) is 19.1 Å². The van der Waals surface area contributed by atoms with Crippen molar-refractivity contribution in [1.82, 2.24) is 9.80 Å². The Kier molecular flexibility index (Phi) is 6.17. The summed E-state index contributed by atoms with van der Waals surface area (Å²) in [6.07, 6.45) is 2.23. The number of hydrogen-bond acceptors (Lipinski definition) is 3. The molecule has 27 heavy (non-hydrogen) atoms. The monoisotopic (exact) mass is 366 g/mol. The van der Waals surface area contributed by atoms with E-state index in [1.54, 1.807) is 7.11 Å². The summed E-state index contributed by atoms with van der Waals surface area (Å²) in [7, 11) is 3.58. The number of likely N-dealkylation sites (N-methyl/N-ethyl adjacent to an activating group) is 1. The van der Waals surface area contributed by atoms with E-state index in [1.807, 2.05) is 24.1 Å². The fourth-order valence-electron chi connectivity index (χ4n) is 3.88. The lowest BCUT2D eigenvalue weighted by Crippen LogP contribution is -2.38. The van der Waals surface area contributed by atoms with E-state index in [9.17, 15) is 4.79 Å². The largest absolute Gasteiger partial charge is 0.497 e. The Morgan fingerprint density at radius 3 is 2.59 bits per heavy atom. The number of benzene rings is 2. The van der Waals surface area contributed by atoms with Crippen molar-refractivity contribution in [2.45, 2.75) is 39.3 Å². The number of carbonyl (C=O) groups is 1. The normalized spacial score (nSPS) is 17.1. The Balaban J connectivity index is 1.63. The molecule has 2 aromatic carbocycles. The smallest absolute Gasteiger partial charge is 0.236 e. The molecule has 0 saturated carbocycles. The molecule has 1 heterocycles. The van der Waals surface area contributed by atoms with Crippen LogP contribution in [0.4, 0.5) is 0 Å². The number of aryl methyl sites for hydroxylation is 2. The zero-order valence-electron chi connectivity index (χ0n) is 16.9. The van der Waals surface area contributed by atoms with Gasteiger partial charge in [0.15, 0.2) is 0 Å². The molecule has 4 nitrogen and oxygen atoms in total. The molecule has 0 N–H and O–H groups in total. The maximum absolute atomic E-state index is 12.8. The van der Waals surface area contributed by atoms with E-state index in [1.165, 1.54) is 22.3 Å². The van der Waals surface area contributed by atoms with Crippen LogP contribution in [0.2, 0.25) is 0 Å². The summed E-state index contributed by atoms with van der Waals surface area (Å²) >= 11 is 0. The molecule has 0 unspecified atom stereocenters. The highest BCUT2D eigenvalue weighted by Gasteiger charge is 2.28. The van der Waals surface area contributed by atoms with Gasteiger partial charge in [0.25, 0.3) is 0 Å². The standard InChI is InChI=1S/C23H30N2O2/c1-17-7-8-20(18(2)14-17)15-24(3)23(26)16-25-13-5-6-22(25)19-9-11-21(27-4)12-10-19/h7-12,14,22H,5-6,13,15-16H2,1-4H3/t22-/m1/s1. The molecule has 144 valence electrons. The first-order valence-corrected chi connectivity index (χ1v) is 9.66. The molecule has 0 aliphatic carbocycles. The third-order valence-electron chi connectivity index (χ3n) is 5.53. The lowest BCUT2D eigenvalue weighted by Gasteiger charge is -2.27. The maximum Gasteiger partial charge on any atom is 0.236 e. The van der Waals surface area contributed by atoms with Crippen LogP contribution in [0, 0.1) is 13.8 Å². The van der Waals surface area contributed by atoms with Crippen LogP contribution >= 0.6 is 0 Å². The van der Waals surface area contributed by atoms with E-state index in [0.717, 1.165) is 25.1 Å². The van der Waals surface area contributed by atoms with Crippen molar-refractivity contribution in [3.63, 3.8) is 0 Å². The zero-order chi connectivity index (χ0) is 19.4. The van der Waals surface area contributed by atoms with Crippen LogP contribution in [0.3, 0.4) is 0 Å². The lowest BCUT2D eigenvalue weighted by molar-refractivity contribution is -0.131. The second-order valence-electron chi connectivity index (χ2n) is 7.58. The van der Waals surface area contributed by atoms with E-state index < -0.39 is 0 Å². The highest BCUT2D eigenvalue weighted by molar-refractivity contribution is 5.78. The fraction of sp³-hybridized carbons (Fsp3) is 0.435. The minimum atomic E-state index is 0.176. The highest BCUT2D eigenvalue weighted by atomic mass is 16.5. The van der Waals surface area contributed by atoms with Crippen LogP contribution in [-0.2, 0) is 11.3 Å². The molecule has 1 amide bonds. The van der Waals surface area contributed by atoms with Gasteiger partial charge in [-0.15, -0.1) is 0 Å². The van der Waals surface area contributed by atoms with Crippen LogP contribution in [0.15, 0.2) is 42.5 Å². The summed E-state index contributed by atoms with van der Waals surface area (Å²) < 4.78 is 5.25. The molecule has 0 aromatic heterocycles. The molecular formula is C23H30N2O2. The Bertz CT molecular complexity index is 785. The van der Waals surface area contributed by atoms with Crippen molar-refractivity contribution >= 4 is 5.91 Å². The summed E-state index contributed by atoms with van der Waals surface area (Å²) in [5.41, 5.74) is 4.97. The van der Waals surface area contributed by atoms with Crippen LogP contribution in [0.25, 0.3) is 0 Å². The number of rotatable bonds is 6. The molecule has 0 spiro atoms. The summed E-state index contributed by atoms with van der Waals surface area (Å²) in [4.78, 5) is 17.0. The van der Waals surface area contributed by atoms with Crippen molar-refractivity contribution in [3.8, 4) is 5.75 Å². The van der Waals surface area contributed by atoms with Gasteiger partial charge in [-0.1, -0.05) is 35.9 Å². The summed E-state index contributed by atoms with van der Waals surface area (Å²) in [6.45, 7) is 6.31. The van der Waals surface area contributed by atoms with Crippen LogP contribution in [0.5, 0.6) is 5.75 Å². The fourth-order valence-corrected chi connectivity index (χ4v) is 3.88. The maximum atomic E-state index is 12.8. The predicted molar refractivity (Wildman–Crippen MR) is 109 cm³/mol. The minimum Gasteiger partial charge on any atom is -0.497 e. The van der Waals surface area contributed by atoms with Crippen molar-refractivity contribution in [2.75, 3.05) is 27.2 Å². The molecule has 1 aliphatic rings. The molecule has 0 radical (unpaired) electrons. The van der Waals surface area contributed by atoms with Crippen LogP contribution in [0.1, 0.15) is 41.1 Å². The molecule has 1 fully saturated rings. The Hall–Kier alpha value is -2.33. The second kappa shape index (κ2) is 8.57. The Morgan fingerprint density at radius 1 is 1.19 bits per heavy atom. The zero-order valence-corrected chi connectivity index (χ0v) is 16.9. The van der Waals surface area contributed by atoms with Gasteiger partial charge < -0.3 is 9.64 Å². The summed E-state index contributed by atoms with van der Waals surface area (Å²) in [5.74, 6) is 1.04. The van der Waals surface area contributed by atoms with E-state index in [-0.39, 0.29) is 5.91 Å². The first-order valence-electron chi connectivity index (χ1n) is 9.66. The molecule has 1 atom stereocenters. The molecule has 1 aliphatic heterocycles.